The lowest BCUT2D eigenvalue weighted by Gasteiger charge is -2.37. The van der Waals surface area contributed by atoms with Crippen molar-refractivity contribution in [1.82, 2.24) is 10.2 Å². The van der Waals surface area contributed by atoms with Gasteiger partial charge in [-0.1, -0.05) is 20.3 Å². The molecule has 2 heteroatoms. The first-order chi connectivity index (χ1) is 8.70. The van der Waals surface area contributed by atoms with Crippen LogP contribution in [0, 0.1) is 23.7 Å². The van der Waals surface area contributed by atoms with E-state index in [-0.39, 0.29) is 0 Å². The predicted molar refractivity (Wildman–Crippen MR) is 76.6 cm³/mol. The molecule has 18 heavy (non-hydrogen) atoms. The normalized spacial score (nSPS) is 40.8. The van der Waals surface area contributed by atoms with Gasteiger partial charge in [-0.25, -0.2) is 0 Å². The van der Waals surface area contributed by atoms with Crippen molar-refractivity contribution in [3.63, 3.8) is 0 Å². The average Bonchev–Trinajstić information content (AvgIpc) is 2.90. The Hall–Kier alpha value is -0.0800. The first-order valence-corrected chi connectivity index (χ1v) is 8.16. The Kier molecular flexibility index (Phi) is 3.95. The number of fused-ring (bicyclic) bond motifs is 2. The highest BCUT2D eigenvalue weighted by Gasteiger charge is 2.40. The minimum atomic E-state index is 0.748. The number of hydrogen-bond donors (Lipinski definition) is 1. The average molecular weight is 250 g/mol. The van der Waals surface area contributed by atoms with Gasteiger partial charge < -0.3 is 10.2 Å². The number of hydrogen-bond acceptors (Lipinski definition) is 2. The van der Waals surface area contributed by atoms with Gasteiger partial charge in [0.25, 0.3) is 0 Å². The Morgan fingerprint density at radius 1 is 1.22 bits per heavy atom. The van der Waals surface area contributed by atoms with Crippen LogP contribution in [0.2, 0.25) is 0 Å². The van der Waals surface area contributed by atoms with Crippen molar-refractivity contribution >= 4 is 0 Å². The fourth-order valence-corrected chi connectivity index (χ4v) is 4.72. The summed E-state index contributed by atoms with van der Waals surface area (Å²) in [5, 5.41) is 3.70. The Labute approximate surface area is 113 Å². The number of piperazine rings is 1. The fourth-order valence-electron chi connectivity index (χ4n) is 4.72. The molecule has 1 saturated heterocycles. The summed E-state index contributed by atoms with van der Waals surface area (Å²) in [5.74, 6) is 4.06. The van der Waals surface area contributed by atoms with E-state index in [2.05, 4.69) is 24.1 Å². The summed E-state index contributed by atoms with van der Waals surface area (Å²) in [4.78, 5) is 2.76. The van der Waals surface area contributed by atoms with Gasteiger partial charge in [-0.3, -0.25) is 0 Å². The standard InChI is InChI=1S/C16H30N2/c1-12(2)7-16-11-18(6-5-17-16)10-15-9-13-3-4-14(15)8-13/h12-17H,3-11H2,1-2H3. The lowest BCUT2D eigenvalue weighted by molar-refractivity contribution is 0.141. The largest absolute Gasteiger partial charge is 0.311 e. The lowest BCUT2D eigenvalue weighted by Crippen LogP contribution is -2.52. The highest BCUT2D eigenvalue weighted by molar-refractivity contribution is 4.92. The molecule has 3 aliphatic rings. The molecule has 0 amide bonds. The summed E-state index contributed by atoms with van der Waals surface area (Å²) in [7, 11) is 0. The van der Waals surface area contributed by atoms with Crippen LogP contribution in [0.15, 0.2) is 0 Å². The van der Waals surface area contributed by atoms with Crippen LogP contribution in [0.3, 0.4) is 0 Å². The second-order valence-corrected chi connectivity index (χ2v) is 7.48. The van der Waals surface area contributed by atoms with Gasteiger partial charge in [0.15, 0.2) is 0 Å². The smallest absolute Gasteiger partial charge is 0.0198 e. The fraction of sp³-hybridized carbons (Fsp3) is 1.00. The molecular weight excluding hydrogens is 220 g/mol. The molecule has 3 rings (SSSR count). The van der Waals surface area contributed by atoms with Gasteiger partial charge in [-0.2, -0.15) is 0 Å². The zero-order valence-corrected chi connectivity index (χ0v) is 12.2. The molecule has 1 N–H and O–H groups in total. The van der Waals surface area contributed by atoms with E-state index < -0.39 is 0 Å². The maximum absolute atomic E-state index is 3.70. The van der Waals surface area contributed by atoms with E-state index in [9.17, 15) is 0 Å². The predicted octanol–water partition coefficient (Wildman–Crippen LogP) is 2.74. The Balaban J connectivity index is 1.47. The van der Waals surface area contributed by atoms with Crippen LogP contribution in [0.4, 0.5) is 0 Å². The van der Waals surface area contributed by atoms with Crippen LogP contribution in [0.5, 0.6) is 0 Å². The zero-order valence-electron chi connectivity index (χ0n) is 12.2. The van der Waals surface area contributed by atoms with E-state index in [1.54, 1.807) is 19.3 Å². The van der Waals surface area contributed by atoms with Crippen molar-refractivity contribution in [3.8, 4) is 0 Å². The Morgan fingerprint density at radius 3 is 2.78 bits per heavy atom. The van der Waals surface area contributed by atoms with Gasteiger partial charge in [-0.15, -0.1) is 0 Å². The molecule has 0 aromatic carbocycles. The van der Waals surface area contributed by atoms with E-state index >= 15 is 0 Å². The third-order valence-electron chi connectivity index (χ3n) is 5.47. The monoisotopic (exact) mass is 250 g/mol. The van der Waals surface area contributed by atoms with Crippen molar-refractivity contribution in [2.75, 3.05) is 26.2 Å². The summed E-state index contributed by atoms with van der Waals surface area (Å²) in [5.41, 5.74) is 0. The highest BCUT2D eigenvalue weighted by Crippen LogP contribution is 2.48. The van der Waals surface area contributed by atoms with E-state index in [1.165, 1.54) is 39.0 Å². The van der Waals surface area contributed by atoms with Gasteiger partial charge >= 0.3 is 0 Å². The zero-order chi connectivity index (χ0) is 12.5. The van der Waals surface area contributed by atoms with Gasteiger partial charge in [-0.05, 0) is 49.4 Å². The summed E-state index contributed by atoms with van der Waals surface area (Å²) < 4.78 is 0. The molecular formula is C16H30N2. The Morgan fingerprint density at radius 2 is 2.11 bits per heavy atom. The van der Waals surface area contributed by atoms with Gasteiger partial charge in [0.05, 0.1) is 0 Å². The molecule has 1 heterocycles. The Bertz CT molecular complexity index is 276. The van der Waals surface area contributed by atoms with E-state index in [0.29, 0.717) is 0 Å². The van der Waals surface area contributed by atoms with Crippen LogP contribution in [-0.4, -0.2) is 37.1 Å². The quantitative estimate of drug-likeness (QED) is 0.825. The molecule has 0 aromatic heterocycles. The maximum Gasteiger partial charge on any atom is 0.0198 e. The molecule has 0 spiro atoms. The SMILES string of the molecule is CC(C)CC1CN(CC2CC3CCC2C3)CCN1. The van der Waals surface area contributed by atoms with Crippen molar-refractivity contribution < 1.29 is 0 Å². The highest BCUT2D eigenvalue weighted by atomic mass is 15.2. The molecule has 2 aliphatic carbocycles. The number of nitrogens with zero attached hydrogens (tertiary/aromatic N) is 1. The third-order valence-corrected chi connectivity index (χ3v) is 5.47. The summed E-state index contributed by atoms with van der Waals surface area (Å²) in [6, 6.07) is 0.748. The minimum Gasteiger partial charge on any atom is -0.311 e. The molecule has 0 aromatic rings. The number of nitrogens with one attached hydrogen (secondary N) is 1. The van der Waals surface area contributed by atoms with Gasteiger partial charge in [0.1, 0.15) is 0 Å². The van der Waals surface area contributed by atoms with Crippen molar-refractivity contribution in [3.05, 3.63) is 0 Å². The molecule has 104 valence electrons. The van der Waals surface area contributed by atoms with Crippen molar-refractivity contribution in [2.45, 2.75) is 52.0 Å². The van der Waals surface area contributed by atoms with Gasteiger partial charge in [0, 0.05) is 32.2 Å². The van der Waals surface area contributed by atoms with Crippen LogP contribution >= 0.6 is 0 Å². The molecule has 4 atom stereocenters. The van der Waals surface area contributed by atoms with Crippen molar-refractivity contribution in [1.29, 1.82) is 0 Å². The summed E-state index contributed by atoms with van der Waals surface area (Å²) in [6.45, 7) is 9.87. The molecule has 2 saturated carbocycles. The second kappa shape index (κ2) is 5.50. The van der Waals surface area contributed by atoms with Gasteiger partial charge in [0.2, 0.25) is 0 Å². The van der Waals surface area contributed by atoms with Crippen LogP contribution in [0.1, 0.15) is 46.0 Å². The molecule has 2 nitrogen and oxygen atoms in total. The van der Waals surface area contributed by atoms with Crippen LogP contribution in [-0.2, 0) is 0 Å². The minimum absolute atomic E-state index is 0.748. The van der Waals surface area contributed by atoms with E-state index in [4.69, 9.17) is 0 Å². The van der Waals surface area contributed by atoms with Crippen LogP contribution in [0.25, 0.3) is 0 Å². The maximum atomic E-state index is 3.70. The topological polar surface area (TPSA) is 15.3 Å². The first-order valence-electron chi connectivity index (χ1n) is 8.16. The molecule has 2 bridgehead atoms. The van der Waals surface area contributed by atoms with E-state index in [1.807, 2.05) is 0 Å². The second-order valence-electron chi connectivity index (χ2n) is 7.48. The third kappa shape index (κ3) is 2.91. The molecule has 0 radical (unpaired) electrons. The van der Waals surface area contributed by atoms with E-state index in [0.717, 1.165) is 29.7 Å². The molecule has 3 fully saturated rings. The summed E-state index contributed by atoms with van der Waals surface area (Å²) in [6.07, 6.45) is 7.53. The number of rotatable bonds is 4. The molecule has 4 unspecified atom stereocenters. The summed E-state index contributed by atoms with van der Waals surface area (Å²) >= 11 is 0. The molecule has 1 aliphatic heterocycles. The van der Waals surface area contributed by atoms with Crippen LogP contribution < -0.4 is 5.32 Å². The first kappa shape index (κ1) is 12.9. The lowest BCUT2D eigenvalue weighted by atomic mass is 9.88. The van der Waals surface area contributed by atoms with Crippen molar-refractivity contribution in [2.24, 2.45) is 23.7 Å².